The van der Waals surface area contributed by atoms with Gasteiger partial charge in [0.25, 0.3) is 11.8 Å². The molecule has 1 saturated carbocycles. The van der Waals surface area contributed by atoms with Gasteiger partial charge >= 0.3 is 36.3 Å². The fourth-order valence-electron chi connectivity index (χ4n) is 12.1. The van der Waals surface area contributed by atoms with Gasteiger partial charge < -0.3 is 73.0 Å². The van der Waals surface area contributed by atoms with Crippen molar-refractivity contribution >= 4 is 77.0 Å². The van der Waals surface area contributed by atoms with Gasteiger partial charge in [-0.15, -0.1) is 5.06 Å². The number of nitrogens with one attached hydrogen (secondary N) is 3. The number of fused-ring (bicyclic) bond motifs is 5. The van der Waals surface area contributed by atoms with Crippen LogP contribution in [0.1, 0.15) is 136 Å². The van der Waals surface area contributed by atoms with Crippen molar-refractivity contribution in [3.8, 4) is 0 Å². The molecule has 4 unspecified atom stereocenters. The number of likely N-dealkylation sites (N-methyl/N-ethyl adjacent to an activating group) is 3. The van der Waals surface area contributed by atoms with Crippen molar-refractivity contribution in [3.05, 3.63) is 58.4 Å². The molecule has 91 heavy (non-hydrogen) atoms. The monoisotopic (exact) mass is 1300 g/mol. The SMILES string of the molecule is COC1=C(Cl)C2CC(=C1)CC(C)CCC[C@@H](OC)[C@@]1(O)C[C@H](OC(=O)N1)[C@@H](C)[C@@H]1O[C@@]1(C)[C@@H](OC(=O)[C@H](C)N(C)C(=O)CCOC(=O)N(C)CCN(C)C(=O)OCc1ccc(NC(=O)OC3/C=C/CCCCC3)c(NCC(=O)ON3C(=O)CCC3=O)c1)CC(O)C2. The third-order valence-electron chi connectivity index (χ3n) is 17.8. The molecular weight excluding hydrogens is 1210 g/mol. The average molecular weight is 1300 g/mol. The van der Waals surface area contributed by atoms with E-state index in [9.17, 15) is 53.4 Å². The molecule has 7 rings (SSSR count). The number of anilines is 2. The molecule has 5 N–H and O–H groups in total. The predicted octanol–water partition coefficient (Wildman–Crippen LogP) is 7.32. The van der Waals surface area contributed by atoms with Gasteiger partial charge in [0.15, 0.2) is 5.72 Å². The molecule has 0 aromatic heterocycles. The zero-order chi connectivity index (χ0) is 66.3. The van der Waals surface area contributed by atoms with E-state index >= 15 is 0 Å². The number of alkyl carbamates (subject to hydrolysis) is 1. The Morgan fingerprint density at radius 1 is 0.890 bits per heavy atom. The number of amides is 7. The van der Waals surface area contributed by atoms with Gasteiger partial charge in [-0.25, -0.2) is 28.8 Å². The predicted molar refractivity (Wildman–Crippen MR) is 327 cm³/mol. The van der Waals surface area contributed by atoms with Crippen LogP contribution in [0, 0.1) is 17.8 Å². The summed E-state index contributed by atoms with van der Waals surface area (Å²) in [5, 5.41) is 32.8. The Balaban J connectivity index is 0.906. The number of allylic oxidation sites excluding steroid dienone is 4. The van der Waals surface area contributed by atoms with Crippen molar-refractivity contribution in [2.24, 2.45) is 17.8 Å². The Bertz CT molecular complexity index is 2890. The lowest BCUT2D eigenvalue weighted by molar-refractivity contribution is -0.196. The summed E-state index contributed by atoms with van der Waals surface area (Å²) in [5.41, 5.74) is -1.07. The maximum absolute atomic E-state index is 14.2. The summed E-state index contributed by atoms with van der Waals surface area (Å²) in [6, 6.07) is 3.43. The normalized spacial score (nSPS) is 28.6. The highest BCUT2D eigenvalue weighted by Crippen LogP contribution is 2.50. The third-order valence-corrected chi connectivity index (χ3v) is 18.3. The number of epoxide rings is 1. The van der Waals surface area contributed by atoms with Crippen LogP contribution in [0.4, 0.5) is 30.6 Å². The minimum Gasteiger partial charge on any atom is -0.496 e. The molecule has 3 heterocycles. The zero-order valence-electron chi connectivity index (χ0n) is 53.5. The van der Waals surface area contributed by atoms with Gasteiger partial charge in [-0.05, 0) is 101 Å². The number of hydroxylamine groups is 2. The lowest BCUT2D eigenvalue weighted by Gasteiger charge is -2.43. The molecular formula is C63H90ClN7O20. The van der Waals surface area contributed by atoms with Crippen LogP contribution in [-0.4, -0.2) is 200 Å². The Morgan fingerprint density at radius 2 is 1.60 bits per heavy atom. The van der Waals surface area contributed by atoms with E-state index in [1.54, 1.807) is 13.0 Å². The van der Waals surface area contributed by atoms with Gasteiger partial charge in [0.05, 0.1) is 42.1 Å². The maximum atomic E-state index is 14.2. The fourth-order valence-corrected chi connectivity index (χ4v) is 12.4. The van der Waals surface area contributed by atoms with Crippen molar-refractivity contribution < 1.29 is 96.1 Å². The van der Waals surface area contributed by atoms with Crippen molar-refractivity contribution in [1.82, 2.24) is 25.1 Å². The number of carbonyl (C=O) groups is 9. The summed E-state index contributed by atoms with van der Waals surface area (Å²) < 4.78 is 46.4. The molecule has 504 valence electrons. The first-order valence-electron chi connectivity index (χ1n) is 31.2. The van der Waals surface area contributed by atoms with Gasteiger partial charge in [-0.2, -0.15) is 0 Å². The van der Waals surface area contributed by atoms with E-state index in [0.29, 0.717) is 47.1 Å². The summed E-state index contributed by atoms with van der Waals surface area (Å²) in [6.07, 6.45) is 5.01. The van der Waals surface area contributed by atoms with Crippen LogP contribution < -0.4 is 16.0 Å². The van der Waals surface area contributed by atoms with Gasteiger partial charge in [0.2, 0.25) is 5.91 Å². The molecule has 7 amide bonds. The van der Waals surface area contributed by atoms with E-state index in [0.717, 1.165) is 49.0 Å². The number of ether oxygens (including phenoxy) is 8. The summed E-state index contributed by atoms with van der Waals surface area (Å²) in [7, 11) is 7.31. The molecule has 4 bridgehead atoms. The summed E-state index contributed by atoms with van der Waals surface area (Å²) in [6.45, 7) is 5.97. The van der Waals surface area contributed by atoms with Crippen LogP contribution in [0.2, 0.25) is 0 Å². The number of esters is 1. The number of aliphatic hydroxyl groups excluding tert-OH is 1. The quantitative estimate of drug-likeness (QED) is 0.0298. The Hall–Kier alpha value is -7.20. The number of nitrogens with zero attached hydrogens (tertiary/aromatic N) is 4. The molecule has 0 radical (unpaired) electrons. The molecule has 0 spiro atoms. The van der Waals surface area contributed by atoms with E-state index < -0.39 is 120 Å². The Kier molecular flexibility index (Phi) is 25.4. The van der Waals surface area contributed by atoms with Gasteiger partial charge in [0, 0.05) is 78.9 Å². The minimum atomic E-state index is -1.76. The topological polar surface area (TPSA) is 330 Å². The number of rotatable bonds is 19. The summed E-state index contributed by atoms with van der Waals surface area (Å²) in [4.78, 5) is 125. The Morgan fingerprint density at radius 3 is 2.31 bits per heavy atom. The Labute approximate surface area is 535 Å². The molecule has 3 aliphatic heterocycles. The molecule has 3 aliphatic carbocycles. The first kappa shape index (κ1) is 71.2. The van der Waals surface area contributed by atoms with E-state index in [2.05, 4.69) is 22.9 Å². The van der Waals surface area contributed by atoms with Crippen LogP contribution in [-0.2, 0) is 73.3 Å². The van der Waals surface area contributed by atoms with E-state index in [4.69, 9.17) is 54.3 Å². The maximum Gasteiger partial charge on any atom is 0.412 e. The standard InChI is InChI=1S/C63H90ClN7O20/c1-37-16-15-19-49(84-9)63(82)34-48(88-59(79)67-63)38(2)56-62(4,90-56)50(33-43(72)32-42-29-41(28-37)31-47(83-8)55(42)64)89-57(77)39(3)70(7)51(73)24-27-85-60(80)68(5)25-26-69(6)61(81)86-36-40-20-21-45(66-58(78)87-44-17-13-11-10-12-14-18-44)46(30-40)65-35-54(76)91-71-52(74)22-23-53(71)75/h13,17,20-21,30-31,37-39,42-44,48-50,56,65,72,82H,10-12,14-16,18-19,22-29,32-36H2,1-9H3,(H,66,78)(H,67,79)/b17-13+/t37?,38-,39+,42?,43?,44?,48+,49-,50+,56+,62+,63+/m1/s1. The van der Waals surface area contributed by atoms with E-state index in [1.165, 1.54) is 64.2 Å². The summed E-state index contributed by atoms with van der Waals surface area (Å²) >= 11 is 6.91. The largest absolute Gasteiger partial charge is 0.496 e. The highest BCUT2D eigenvalue weighted by Gasteiger charge is 2.64. The molecule has 1 aromatic carbocycles. The molecule has 3 saturated heterocycles. The van der Waals surface area contributed by atoms with Crippen molar-refractivity contribution in [2.45, 2.75) is 191 Å². The minimum absolute atomic E-state index is 0.00694. The number of carbonyl (C=O) groups excluding carboxylic acids is 9. The highest BCUT2D eigenvalue weighted by molar-refractivity contribution is 6.30. The second kappa shape index (κ2) is 32.4. The lowest BCUT2D eigenvalue weighted by Crippen LogP contribution is -2.64. The fraction of sp³-hybridized carbons (Fsp3) is 0.667. The highest BCUT2D eigenvalue weighted by atomic mass is 35.5. The van der Waals surface area contributed by atoms with E-state index in [1.807, 2.05) is 25.2 Å². The second-order valence-corrected chi connectivity index (χ2v) is 25.2. The molecule has 12 atom stereocenters. The van der Waals surface area contributed by atoms with Crippen LogP contribution in [0.3, 0.4) is 0 Å². The zero-order valence-corrected chi connectivity index (χ0v) is 54.3. The molecule has 4 fully saturated rings. The number of methoxy groups -OCH3 is 2. The first-order chi connectivity index (χ1) is 43.2. The number of aliphatic hydroxyl groups is 2. The average Bonchev–Trinajstić information content (AvgIpc) is 1.58. The van der Waals surface area contributed by atoms with Crippen LogP contribution in [0.15, 0.2) is 52.8 Å². The number of hydrogen-bond donors (Lipinski definition) is 5. The molecule has 28 heteroatoms. The van der Waals surface area contributed by atoms with Gasteiger partial charge in [-0.3, -0.25) is 25.0 Å². The molecule has 1 aromatic rings. The van der Waals surface area contributed by atoms with Crippen molar-refractivity contribution in [3.63, 3.8) is 0 Å². The second-order valence-electron chi connectivity index (χ2n) is 24.8. The van der Waals surface area contributed by atoms with Gasteiger partial charge in [-0.1, -0.05) is 62.4 Å². The van der Waals surface area contributed by atoms with Crippen molar-refractivity contribution in [2.75, 3.05) is 72.2 Å². The van der Waals surface area contributed by atoms with Crippen LogP contribution >= 0.6 is 11.6 Å². The molecule has 6 aliphatic rings. The lowest BCUT2D eigenvalue weighted by atomic mass is 9.81. The number of imide groups is 1. The van der Waals surface area contributed by atoms with E-state index in [-0.39, 0.29) is 88.0 Å². The number of benzene rings is 1. The smallest absolute Gasteiger partial charge is 0.412 e. The van der Waals surface area contributed by atoms with Crippen molar-refractivity contribution in [1.29, 1.82) is 0 Å². The number of halogens is 1. The van der Waals surface area contributed by atoms with Gasteiger partial charge in [0.1, 0.15) is 61.6 Å². The third kappa shape index (κ3) is 19.4. The van der Waals surface area contributed by atoms with Crippen LogP contribution in [0.5, 0.6) is 0 Å². The summed E-state index contributed by atoms with van der Waals surface area (Å²) in [5.74, 6) is -3.77. The van der Waals surface area contributed by atoms with Crippen LogP contribution in [0.25, 0.3) is 0 Å². The molecule has 27 nitrogen and oxygen atoms in total. The number of hydrogen-bond acceptors (Lipinski definition) is 21. The first-order valence-corrected chi connectivity index (χ1v) is 31.6.